The number of benzene rings is 3. The van der Waals surface area contributed by atoms with Gasteiger partial charge in [-0.2, -0.15) is 12.7 Å². The number of carboxylic acids is 1. The average molecular weight is 577 g/mol. The molecule has 0 saturated carbocycles. The Morgan fingerprint density at radius 3 is 2.71 bits per heavy atom. The van der Waals surface area contributed by atoms with Crippen LogP contribution in [0.3, 0.4) is 0 Å². The number of aliphatic carboxylic acids is 1. The molecule has 10 nitrogen and oxygen atoms in total. The first kappa shape index (κ1) is 27.2. The number of carboxylic acid groups (broad SMARTS) is 1. The molecule has 4 heterocycles. The molecule has 0 aliphatic carbocycles. The molecule has 214 valence electrons. The molecule has 11 heteroatoms. The Kier molecular flexibility index (Phi) is 6.95. The molecule has 1 N–H and O–H groups in total. The lowest BCUT2D eigenvalue weighted by Gasteiger charge is -2.33. The van der Waals surface area contributed by atoms with Crippen molar-refractivity contribution in [2.24, 2.45) is 0 Å². The molecule has 1 unspecified atom stereocenters. The second kappa shape index (κ2) is 10.5. The first-order valence-electron chi connectivity index (χ1n) is 13.7. The second-order valence-electron chi connectivity index (χ2n) is 10.8. The Morgan fingerprint density at radius 2 is 1.90 bits per heavy atom. The molecule has 0 amide bonds. The number of fused-ring (bicyclic) bond motifs is 5. The molecule has 4 aromatic rings. The van der Waals surface area contributed by atoms with Crippen LogP contribution in [0.1, 0.15) is 71.5 Å². The summed E-state index contributed by atoms with van der Waals surface area (Å²) in [6.07, 6.45) is 1.49. The van der Waals surface area contributed by atoms with E-state index >= 15 is 0 Å². The van der Waals surface area contributed by atoms with Gasteiger partial charge in [-0.15, -0.1) is 5.10 Å². The third-order valence-electron chi connectivity index (χ3n) is 8.20. The van der Waals surface area contributed by atoms with Crippen molar-refractivity contribution in [3.05, 3.63) is 81.9 Å². The van der Waals surface area contributed by atoms with Crippen LogP contribution in [0.15, 0.2) is 48.5 Å². The first-order valence-corrected chi connectivity index (χ1v) is 15.1. The standard InChI is InChI=1S/C30H32N4O6S/c1-18-6-7-21-15-25(18)20(3)34-17-22-14-23(8-11-28(22)40-41(34,37)38)39-13-5-4-12-33-27-10-9-24(26(21)16-29(35)36)19(2)30(27)31-32-33/h6-11,14-15,20,26H,4-5,12-13,16-17H2,1-3H3,(H,35,36)/t20-,26+/m1/s1. The fourth-order valence-corrected chi connectivity index (χ4v) is 7.21. The van der Waals surface area contributed by atoms with E-state index in [1.54, 1.807) is 12.1 Å². The van der Waals surface area contributed by atoms with Gasteiger partial charge in [0.25, 0.3) is 0 Å². The quantitative estimate of drug-likeness (QED) is 0.353. The molecule has 3 atom stereocenters. The van der Waals surface area contributed by atoms with Gasteiger partial charge in [-0.1, -0.05) is 29.5 Å². The van der Waals surface area contributed by atoms with Gasteiger partial charge in [0.15, 0.2) is 0 Å². The minimum atomic E-state index is -4.08. The van der Waals surface area contributed by atoms with Gasteiger partial charge in [0.2, 0.25) is 0 Å². The predicted octanol–water partition coefficient (Wildman–Crippen LogP) is 5.03. The van der Waals surface area contributed by atoms with Crippen LogP contribution in [0.5, 0.6) is 11.5 Å². The maximum atomic E-state index is 13.3. The highest BCUT2D eigenvalue weighted by molar-refractivity contribution is 7.84. The predicted molar refractivity (Wildman–Crippen MR) is 152 cm³/mol. The van der Waals surface area contributed by atoms with Crippen molar-refractivity contribution in [2.75, 3.05) is 6.61 Å². The maximum absolute atomic E-state index is 13.3. The molecule has 0 radical (unpaired) electrons. The minimum Gasteiger partial charge on any atom is -0.494 e. The van der Waals surface area contributed by atoms with E-state index in [2.05, 4.69) is 10.3 Å². The van der Waals surface area contributed by atoms with Gasteiger partial charge in [0.05, 0.1) is 24.6 Å². The summed E-state index contributed by atoms with van der Waals surface area (Å²) < 4.78 is 41.3. The minimum absolute atomic E-state index is 0.125. The smallest absolute Gasteiger partial charge is 0.386 e. The van der Waals surface area contributed by atoms with Crippen LogP contribution < -0.4 is 8.92 Å². The van der Waals surface area contributed by atoms with Gasteiger partial charge in [-0.25, -0.2) is 4.68 Å². The Hall–Kier alpha value is -3.96. The number of ether oxygens (including phenoxy) is 1. The summed E-state index contributed by atoms with van der Waals surface area (Å²) in [5.41, 5.74) is 6.56. The largest absolute Gasteiger partial charge is 0.494 e. The summed E-state index contributed by atoms with van der Waals surface area (Å²) in [6.45, 7) is 6.99. The van der Waals surface area contributed by atoms with Gasteiger partial charge >= 0.3 is 16.3 Å². The lowest BCUT2D eigenvalue weighted by molar-refractivity contribution is -0.137. The van der Waals surface area contributed by atoms with Crippen LogP contribution in [-0.2, 0) is 28.2 Å². The number of aryl methyl sites for hydroxylation is 3. The molecule has 7 rings (SSSR count). The van der Waals surface area contributed by atoms with Crippen LogP contribution in [-0.4, -0.2) is 45.4 Å². The highest BCUT2D eigenvalue weighted by Crippen LogP contribution is 2.40. The van der Waals surface area contributed by atoms with Crippen LogP contribution in [0.2, 0.25) is 0 Å². The first-order chi connectivity index (χ1) is 19.6. The van der Waals surface area contributed by atoms with Crippen molar-refractivity contribution < 1.29 is 27.2 Å². The number of hydrogen-bond donors (Lipinski definition) is 1. The zero-order valence-corrected chi connectivity index (χ0v) is 24.0. The number of rotatable bonds is 2. The second-order valence-corrected chi connectivity index (χ2v) is 12.3. The summed E-state index contributed by atoms with van der Waals surface area (Å²) in [4.78, 5) is 12.1. The highest BCUT2D eigenvalue weighted by Gasteiger charge is 2.37. The number of hydrogen-bond acceptors (Lipinski definition) is 7. The normalized spacial score (nSPS) is 21.9. The van der Waals surface area contributed by atoms with E-state index in [4.69, 9.17) is 8.92 Å². The van der Waals surface area contributed by atoms with Gasteiger partial charge in [-0.3, -0.25) is 4.79 Å². The Balaban J connectivity index is 1.50. The number of carbonyl (C=O) groups is 1. The van der Waals surface area contributed by atoms with Gasteiger partial charge < -0.3 is 14.0 Å². The third-order valence-corrected chi connectivity index (χ3v) is 9.61. The van der Waals surface area contributed by atoms with Crippen molar-refractivity contribution in [1.29, 1.82) is 0 Å². The van der Waals surface area contributed by atoms with Crippen molar-refractivity contribution in [2.45, 2.75) is 65.1 Å². The molecule has 9 bridgehead atoms. The van der Waals surface area contributed by atoms with E-state index in [-0.39, 0.29) is 13.0 Å². The Morgan fingerprint density at radius 1 is 1.07 bits per heavy atom. The molecule has 0 fully saturated rings. The van der Waals surface area contributed by atoms with Crippen molar-refractivity contribution in [1.82, 2.24) is 19.3 Å². The summed E-state index contributed by atoms with van der Waals surface area (Å²) in [5, 5.41) is 18.7. The van der Waals surface area contributed by atoms with Crippen LogP contribution >= 0.6 is 0 Å². The zero-order chi connectivity index (χ0) is 28.9. The lowest BCUT2D eigenvalue weighted by atomic mass is 9.83. The maximum Gasteiger partial charge on any atom is 0.386 e. The Labute approximate surface area is 238 Å². The zero-order valence-electron chi connectivity index (χ0n) is 23.2. The molecule has 3 aromatic carbocycles. The van der Waals surface area contributed by atoms with E-state index in [1.165, 1.54) is 4.31 Å². The van der Waals surface area contributed by atoms with Crippen molar-refractivity contribution >= 4 is 27.3 Å². The van der Waals surface area contributed by atoms with Crippen LogP contribution in [0.25, 0.3) is 11.0 Å². The SMILES string of the molecule is Cc1ccc2cc1[C@@H](C)N1Cc3cc(ccc3OS1(=O)=O)OCCCCn1nnc3c(C)c(ccc31)[C@H]2CC(=O)O. The molecule has 3 aliphatic rings. The Bertz CT molecular complexity index is 1770. The van der Waals surface area contributed by atoms with Crippen molar-refractivity contribution in [3.8, 4) is 11.5 Å². The fraction of sp³-hybridized carbons (Fsp3) is 0.367. The summed E-state index contributed by atoms with van der Waals surface area (Å²) in [7, 11) is -4.08. The summed E-state index contributed by atoms with van der Waals surface area (Å²) in [6, 6.07) is 14.3. The number of nitrogens with zero attached hydrogens (tertiary/aromatic N) is 4. The van der Waals surface area contributed by atoms with Gasteiger partial charge in [0.1, 0.15) is 17.0 Å². The number of aromatic nitrogens is 3. The van der Waals surface area contributed by atoms with Crippen LogP contribution in [0.4, 0.5) is 0 Å². The molecule has 0 spiro atoms. The van der Waals surface area contributed by atoms with E-state index < -0.39 is 28.2 Å². The monoisotopic (exact) mass is 576 g/mol. The average Bonchev–Trinajstić information content (AvgIpc) is 3.34. The van der Waals surface area contributed by atoms with Crippen LogP contribution in [0, 0.1) is 13.8 Å². The molecule has 0 saturated heterocycles. The fourth-order valence-electron chi connectivity index (χ4n) is 5.93. The van der Waals surface area contributed by atoms with Gasteiger partial charge in [-0.05, 0) is 85.7 Å². The third kappa shape index (κ3) is 5.04. The summed E-state index contributed by atoms with van der Waals surface area (Å²) >= 11 is 0. The molecule has 3 aliphatic heterocycles. The van der Waals surface area contributed by atoms with E-state index in [1.807, 2.05) is 61.9 Å². The van der Waals surface area contributed by atoms with Gasteiger partial charge in [0, 0.05) is 24.6 Å². The van der Waals surface area contributed by atoms with E-state index in [9.17, 15) is 18.3 Å². The van der Waals surface area contributed by atoms with E-state index in [0.717, 1.165) is 57.3 Å². The molecule has 1 aromatic heterocycles. The van der Waals surface area contributed by atoms with Crippen molar-refractivity contribution in [3.63, 3.8) is 0 Å². The molecule has 41 heavy (non-hydrogen) atoms. The van der Waals surface area contributed by atoms with E-state index in [0.29, 0.717) is 24.7 Å². The summed E-state index contributed by atoms with van der Waals surface area (Å²) in [5.74, 6) is -0.445. The topological polar surface area (TPSA) is 124 Å². The molecular weight excluding hydrogens is 544 g/mol. The lowest BCUT2D eigenvalue weighted by Crippen LogP contribution is -2.39. The highest BCUT2D eigenvalue weighted by atomic mass is 32.2. The molecular formula is C30H32N4O6S.